The standard InChI is InChI=1S/C17H18BrN7S2/c18-13-3-1-4-14(11-13)21-16-22-25(17(26)27-16)12-23-7-9-24(10-8-23)15-19-5-2-6-20-15/h1-6,11H,7-10,12H2,(H,21,22). The highest BCUT2D eigenvalue weighted by molar-refractivity contribution is 9.10. The van der Waals surface area contributed by atoms with Crippen LogP contribution in [0.15, 0.2) is 47.2 Å². The van der Waals surface area contributed by atoms with Crippen LogP contribution >= 0.6 is 39.5 Å². The van der Waals surface area contributed by atoms with Crippen LogP contribution in [0.5, 0.6) is 0 Å². The molecule has 140 valence electrons. The molecule has 1 aliphatic heterocycles. The molecule has 0 bridgehead atoms. The smallest absolute Gasteiger partial charge is 0.225 e. The van der Waals surface area contributed by atoms with E-state index in [-0.39, 0.29) is 0 Å². The minimum absolute atomic E-state index is 0.693. The molecule has 0 amide bonds. The Labute approximate surface area is 174 Å². The Bertz CT molecular complexity index is 951. The van der Waals surface area contributed by atoms with Crippen LogP contribution in [-0.4, -0.2) is 50.8 Å². The Hall–Kier alpha value is -1.88. The first-order chi connectivity index (χ1) is 13.2. The lowest BCUT2D eigenvalue weighted by Gasteiger charge is -2.34. The fraction of sp³-hybridized carbons (Fsp3) is 0.294. The molecule has 0 saturated carbocycles. The van der Waals surface area contributed by atoms with Gasteiger partial charge in [0.2, 0.25) is 11.1 Å². The second-order valence-corrected chi connectivity index (χ2v) is 8.64. The fourth-order valence-electron chi connectivity index (χ4n) is 2.87. The summed E-state index contributed by atoms with van der Waals surface area (Å²) in [6, 6.07) is 9.83. The zero-order chi connectivity index (χ0) is 18.6. The van der Waals surface area contributed by atoms with Crippen molar-refractivity contribution in [3.63, 3.8) is 0 Å². The van der Waals surface area contributed by atoms with Crippen molar-refractivity contribution in [3.05, 3.63) is 51.2 Å². The van der Waals surface area contributed by atoms with Gasteiger partial charge in [-0.15, -0.1) is 5.10 Å². The van der Waals surface area contributed by atoms with Crippen molar-refractivity contribution in [1.29, 1.82) is 0 Å². The average Bonchev–Trinajstić information content (AvgIpc) is 3.02. The molecule has 0 atom stereocenters. The zero-order valence-corrected chi connectivity index (χ0v) is 17.7. The Morgan fingerprint density at radius 3 is 2.63 bits per heavy atom. The van der Waals surface area contributed by atoms with Gasteiger partial charge in [-0.2, -0.15) is 0 Å². The van der Waals surface area contributed by atoms with Gasteiger partial charge in [0.15, 0.2) is 3.95 Å². The van der Waals surface area contributed by atoms with Gasteiger partial charge in [0.1, 0.15) is 0 Å². The van der Waals surface area contributed by atoms with Gasteiger partial charge in [0.05, 0.1) is 6.67 Å². The molecule has 0 spiro atoms. The number of nitrogens with zero attached hydrogens (tertiary/aromatic N) is 6. The van der Waals surface area contributed by atoms with Gasteiger partial charge in [0, 0.05) is 48.7 Å². The van der Waals surface area contributed by atoms with Crippen LogP contribution in [0, 0.1) is 3.95 Å². The van der Waals surface area contributed by atoms with Crippen LogP contribution in [0.2, 0.25) is 0 Å². The van der Waals surface area contributed by atoms with E-state index in [9.17, 15) is 0 Å². The third-order valence-electron chi connectivity index (χ3n) is 4.22. The molecule has 1 aromatic carbocycles. The summed E-state index contributed by atoms with van der Waals surface area (Å²) in [4.78, 5) is 13.2. The minimum Gasteiger partial charge on any atom is -0.338 e. The Balaban J connectivity index is 1.36. The summed E-state index contributed by atoms with van der Waals surface area (Å²) >= 11 is 10.5. The first-order valence-electron chi connectivity index (χ1n) is 8.52. The van der Waals surface area contributed by atoms with Gasteiger partial charge < -0.3 is 10.2 Å². The fourth-order valence-corrected chi connectivity index (χ4v) is 4.28. The van der Waals surface area contributed by atoms with Crippen molar-refractivity contribution in [2.24, 2.45) is 0 Å². The van der Waals surface area contributed by atoms with Crippen molar-refractivity contribution < 1.29 is 0 Å². The minimum atomic E-state index is 0.693. The van der Waals surface area contributed by atoms with Crippen molar-refractivity contribution in [2.75, 3.05) is 36.4 Å². The molecule has 4 rings (SSSR count). The molecular weight excluding hydrogens is 446 g/mol. The second kappa shape index (κ2) is 8.42. The van der Waals surface area contributed by atoms with Gasteiger partial charge >= 0.3 is 0 Å². The number of halogens is 1. The molecule has 3 aromatic rings. The molecule has 0 aliphatic carbocycles. The van der Waals surface area contributed by atoms with Crippen LogP contribution in [0.3, 0.4) is 0 Å². The number of nitrogens with one attached hydrogen (secondary N) is 1. The first kappa shape index (κ1) is 18.5. The van der Waals surface area contributed by atoms with E-state index in [0.717, 1.165) is 51.4 Å². The van der Waals surface area contributed by atoms with Crippen molar-refractivity contribution >= 4 is 56.3 Å². The lowest BCUT2D eigenvalue weighted by atomic mass is 10.3. The van der Waals surface area contributed by atoms with E-state index >= 15 is 0 Å². The van der Waals surface area contributed by atoms with E-state index in [2.05, 4.69) is 46.1 Å². The molecule has 10 heteroatoms. The summed E-state index contributed by atoms with van der Waals surface area (Å²) < 4.78 is 3.67. The van der Waals surface area contributed by atoms with E-state index in [1.165, 1.54) is 11.3 Å². The molecule has 1 N–H and O–H groups in total. The van der Waals surface area contributed by atoms with Crippen molar-refractivity contribution in [3.8, 4) is 0 Å². The molecule has 0 radical (unpaired) electrons. The summed E-state index contributed by atoms with van der Waals surface area (Å²) in [6.45, 7) is 4.33. The lowest BCUT2D eigenvalue weighted by Crippen LogP contribution is -2.47. The van der Waals surface area contributed by atoms with Gasteiger partial charge in [-0.1, -0.05) is 33.3 Å². The first-order valence-corrected chi connectivity index (χ1v) is 10.5. The SMILES string of the molecule is S=c1sc(Nc2cccc(Br)c2)nn1CN1CCN(c2ncccn2)CC1. The van der Waals surface area contributed by atoms with Crippen LogP contribution in [0.1, 0.15) is 0 Å². The summed E-state index contributed by atoms with van der Waals surface area (Å²) in [6.07, 6.45) is 3.56. The third kappa shape index (κ3) is 4.70. The molecule has 7 nitrogen and oxygen atoms in total. The number of hydrogen-bond donors (Lipinski definition) is 1. The predicted molar refractivity (Wildman–Crippen MR) is 114 cm³/mol. The molecular formula is C17H18BrN7S2. The highest BCUT2D eigenvalue weighted by atomic mass is 79.9. The summed E-state index contributed by atoms with van der Waals surface area (Å²) in [5.41, 5.74) is 0.983. The Morgan fingerprint density at radius 2 is 1.89 bits per heavy atom. The van der Waals surface area contributed by atoms with Crippen LogP contribution < -0.4 is 10.2 Å². The largest absolute Gasteiger partial charge is 0.338 e. The highest BCUT2D eigenvalue weighted by Crippen LogP contribution is 2.23. The van der Waals surface area contributed by atoms with E-state index in [1.54, 1.807) is 12.4 Å². The Morgan fingerprint density at radius 1 is 1.11 bits per heavy atom. The molecule has 1 fully saturated rings. The number of rotatable bonds is 5. The molecule has 27 heavy (non-hydrogen) atoms. The van der Waals surface area contributed by atoms with Gasteiger partial charge in [-0.05, 0) is 36.5 Å². The maximum absolute atomic E-state index is 5.50. The number of hydrogen-bond acceptors (Lipinski definition) is 8. The third-order valence-corrected chi connectivity index (χ3v) is 5.94. The lowest BCUT2D eigenvalue weighted by molar-refractivity contribution is 0.194. The molecule has 3 heterocycles. The normalized spacial score (nSPS) is 15.1. The van der Waals surface area contributed by atoms with E-state index in [0.29, 0.717) is 6.67 Å². The van der Waals surface area contributed by atoms with Crippen molar-refractivity contribution in [2.45, 2.75) is 6.67 Å². The molecule has 0 unspecified atom stereocenters. The monoisotopic (exact) mass is 463 g/mol. The molecule has 1 aliphatic rings. The zero-order valence-electron chi connectivity index (χ0n) is 14.5. The average molecular weight is 464 g/mol. The summed E-state index contributed by atoms with van der Waals surface area (Å²) in [5.74, 6) is 0.794. The van der Waals surface area contributed by atoms with Crippen molar-refractivity contribution in [1.82, 2.24) is 24.6 Å². The van der Waals surface area contributed by atoms with E-state index < -0.39 is 0 Å². The number of anilines is 3. The predicted octanol–water partition coefficient (Wildman–Crippen LogP) is 3.75. The maximum atomic E-state index is 5.50. The van der Waals surface area contributed by atoms with Gasteiger partial charge in [-0.3, -0.25) is 4.90 Å². The topological polar surface area (TPSA) is 62.1 Å². The molecule has 2 aromatic heterocycles. The summed E-state index contributed by atoms with van der Waals surface area (Å²) in [5, 5.41) is 8.75. The number of aromatic nitrogens is 4. The van der Waals surface area contributed by atoms with Gasteiger partial charge in [-0.25, -0.2) is 14.6 Å². The summed E-state index contributed by atoms with van der Waals surface area (Å²) in [7, 11) is 0. The second-order valence-electron chi connectivity index (χ2n) is 6.10. The number of benzene rings is 1. The van der Waals surface area contributed by atoms with Gasteiger partial charge in [0.25, 0.3) is 0 Å². The van der Waals surface area contributed by atoms with E-state index in [4.69, 9.17) is 12.2 Å². The highest BCUT2D eigenvalue weighted by Gasteiger charge is 2.19. The van der Waals surface area contributed by atoms with Crippen LogP contribution in [0.4, 0.5) is 16.8 Å². The number of piperazine rings is 1. The Kier molecular flexibility index (Phi) is 5.77. The molecule has 1 saturated heterocycles. The quantitative estimate of drug-likeness (QED) is 0.577. The van der Waals surface area contributed by atoms with Crippen LogP contribution in [0.25, 0.3) is 0 Å². The van der Waals surface area contributed by atoms with E-state index in [1.807, 2.05) is 35.0 Å². The van der Waals surface area contributed by atoms with Crippen LogP contribution in [-0.2, 0) is 6.67 Å². The maximum Gasteiger partial charge on any atom is 0.225 e.